The van der Waals surface area contributed by atoms with Gasteiger partial charge in [0.05, 0.1) is 12.7 Å². The molecule has 2 nitrogen and oxygen atoms in total. The number of hydrogen-bond acceptors (Lipinski definition) is 2. The van der Waals surface area contributed by atoms with Crippen LogP contribution in [0, 0.1) is 17.2 Å². The number of benzene rings is 2. The van der Waals surface area contributed by atoms with Crippen molar-refractivity contribution in [1.82, 2.24) is 0 Å². The molecule has 1 unspecified atom stereocenters. The van der Waals surface area contributed by atoms with Gasteiger partial charge >= 0.3 is 0 Å². The molecule has 0 N–H and O–H groups in total. The van der Waals surface area contributed by atoms with Gasteiger partial charge in [-0.1, -0.05) is 81.5 Å². The van der Waals surface area contributed by atoms with E-state index in [1.165, 1.54) is 43.2 Å². The lowest BCUT2D eigenvalue weighted by atomic mass is 9.97. The Hall–Kier alpha value is -2.27. The van der Waals surface area contributed by atoms with Crippen LogP contribution in [-0.4, -0.2) is 6.61 Å². The van der Waals surface area contributed by atoms with Crippen molar-refractivity contribution in [2.45, 2.75) is 58.3 Å². The summed E-state index contributed by atoms with van der Waals surface area (Å²) >= 11 is 0. The Balaban J connectivity index is 1.65. The van der Waals surface area contributed by atoms with Crippen molar-refractivity contribution in [3.63, 3.8) is 0 Å². The summed E-state index contributed by atoms with van der Waals surface area (Å²) in [5.41, 5.74) is 2.42. The first-order valence-corrected chi connectivity index (χ1v) is 10.0. The minimum Gasteiger partial charge on any atom is -0.494 e. The summed E-state index contributed by atoms with van der Waals surface area (Å²) in [6.45, 7) is 2.91. The summed E-state index contributed by atoms with van der Waals surface area (Å²) in [5, 5.41) is 9.29. The predicted octanol–water partition coefficient (Wildman–Crippen LogP) is 7.01. The molecule has 0 fully saturated rings. The van der Waals surface area contributed by atoms with Crippen LogP contribution in [-0.2, 0) is 0 Å². The topological polar surface area (TPSA) is 33.0 Å². The lowest BCUT2D eigenvalue weighted by Gasteiger charge is -2.10. The summed E-state index contributed by atoms with van der Waals surface area (Å²) in [6, 6.07) is 21.1. The van der Waals surface area contributed by atoms with Gasteiger partial charge < -0.3 is 4.74 Å². The van der Waals surface area contributed by atoms with Gasteiger partial charge in [-0.25, -0.2) is 0 Å². The molecule has 0 bridgehead atoms. The van der Waals surface area contributed by atoms with E-state index in [0.29, 0.717) is 6.61 Å². The summed E-state index contributed by atoms with van der Waals surface area (Å²) in [6.07, 6.45) is 9.23. The summed E-state index contributed by atoms with van der Waals surface area (Å²) in [4.78, 5) is 0. The van der Waals surface area contributed by atoms with E-state index in [-0.39, 0.29) is 5.92 Å². The van der Waals surface area contributed by atoms with E-state index in [1.54, 1.807) is 0 Å². The largest absolute Gasteiger partial charge is 0.494 e. The molecule has 2 heteroatoms. The first kappa shape index (κ1) is 20.0. The standard InChI is InChI=1S/C24H31NO/c1-2-3-4-5-7-11-21(20-25)12-10-19-26-24-17-15-23(16-18-24)22-13-8-6-9-14-22/h6,8-9,13-18,21H,2-5,7,10-12,19H2,1H3. The Bertz CT molecular complexity index is 642. The van der Waals surface area contributed by atoms with Gasteiger partial charge in [-0.05, 0) is 42.5 Å². The van der Waals surface area contributed by atoms with Crippen LogP contribution in [0.25, 0.3) is 11.1 Å². The Morgan fingerprint density at radius 3 is 2.15 bits per heavy atom. The molecule has 0 aliphatic rings. The van der Waals surface area contributed by atoms with Crippen LogP contribution in [0.4, 0.5) is 0 Å². The number of nitrogens with zero attached hydrogens (tertiary/aromatic N) is 1. The molecule has 0 aromatic heterocycles. The average Bonchev–Trinajstić information content (AvgIpc) is 2.70. The zero-order chi connectivity index (χ0) is 18.5. The molecule has 2 aromatic rings. The van der Waals surface area contributed by atoms with Gasteiger partial charge in [0.15, 0.2) is 0 Å². The zero-order valence-corrected chi connectivity index (χ0v) is 16.0. The molecule has 138 valence electrons. The Morgan fingerprint density at radius 1 is 0.808 bits per heavy atom. The van der Waals surface area contributed by atoms with E-state index >= 15 is 0 Å². The maximum absolute atomic E-state index is 9.29. The molecule has 0 aliphatic carbocycles. The van der Waals surface area contributed by atoms with Crippen LogP contribution in [0.3, 0.4) is 0 Å². The Labute approximate surface area is 158 Å². The smallest absolute Gasteiger partial charge is 0.119 e. The maximum Gasteiger partial charge on any atom is 0.119 e. The predicted molar refractivity (Wildman–Crippen MR) is 109 cm³/mol. The third-order valence-corrected chi connectivity index (χ3v) is 4.77. The molecule has 0 radical (unpaired) electrons. The molecule has 0 saturated carbocycles. The molecule has 2 rings (SSSR count). The van der Waals surface area contributed by atoms with Gasteiger partial charge in [0.25, 0.3) is 0 Å². The second-order valence-electron chi connectivity index (χ2n) is 6.91. The SMILES string of the molecule is CCCCCCCC(C#N)CCCOc1ccc(-c2ccccc2)cc1. The van der Waals surface area contributed by atoms with E-state index in [2.05, 4.69) is 49.4 Å². The van der Waals surface area contributed by atoms with Crippen LogP contribution >= 0.6 is 0 Å². The highest BCUT2D eigenvalue weighted by Crippen LogP contribution is 2.22. The van der Waals surface area contributed by atoms with Gasteiger partial charge in [-0.15, -0.1) is 0 Å². The van der Waals surface area contributed by atoms with E-state index in [9.17, 15) is 5.26 Å². The molecule has 0 heterocycles. The molecule has 0 amide bonds. The summed E-state index contributed by atoms with van der Waals surface area (Å²) in [7, 11) is 0. The maximum atomic E-state index is 9.29. The number of ether oxygens (including phenoxy) is 1. The van der Waals surface area contributed by atoms with Crippen molar-refractivity contribution in [2.75, 3.05) is 6.61 Å². The number of hydrogen-bond donors (Lipinski definition) is 0. The molecule has 0 saturated heterocycles. The van der Waals surface area contributed by atoms with Crippen molar-refractivity contribution in [2.24, 2.45) is 5.92 Å². The lowest BCUT2D eigenvalue weighted by molar-refractivity contribution is 0.297. The minimum absolute atomic E-state index is 0.181. The van der Waals surface area contributed by atoms with Crippen molar-refractivity contribution < 1.29 is 4.74 Å². The van der Waals surface area contributed by atoms with Crippen LogP contribution in [0.15, 0.2) is 54.6 Å². The average molecular weight is 350 g/mol. The summed E-state index contributed by atoms with van der Waals surface area (Å²) in [5.74, 6) is 1.08. The van der Waals surface area contributed by atoms with Crippen LogP contribution in [0.1, 0.15) is 58.3 Å². The van der Waals surface area contributed by atoms with Crippen LogP contribution < -0.4 is 4.74 Å². The minimum atomic E-state index is 0.181. The first-order valence-electron chi connectivity index (χ1n) is 10.0. The van der Waals surface area contributed by atoms with Crippen LogP contribution in [0.2, 0.25) is 0 Å². The van der Waals surface area contributed by atoms with Crippen molar-refractivity contribution >= 4 is 0 Å². The molecule has 0 aliphatic heterocycles. The molecule has 2 aromatic carbocycles. The van der Waals surface area contributed by atoms with Gasteiger partial charge in [0, 0.05) is 5.92 Å². The van der Waals surface area contributed by atoms with Gasteiger partial charge in [-0.3, -0.25) is 0 Å². The monoisotopic (exact) mass is 349 g/mol. The third-order valence-electron chi connectivity index (χ3n) is 4.77. The molecular weight excluding hydrogens is 318 g/mol. The fourth-order valence-corrected chi connectivity index (χ4v) is 3.16. The van der Waals surface area contributed by atoms with Crippen molar-refractivity contribution in [3.8, 4) is 22.9 Å². The van der Waals surface area contributed by atoms with E-state index in [4.69, 9.17) is 4.74 Å². The van der Waals surface area contributed by atoms with Gasteiger partial charge in [0.1, 0.15) is 5.75 Å². The Kier molecular flexibility index (Phi) is 9.36. The first-order chi connectivity index (χ1) is 12.8. The molecule has 26 heavy (non-hydrogen) atoms. The van der Waals surface area contributed by atoms with Gasteiger partial charge in [-0.2, -0.15) is 5.26 Å². The van der Waals surface area contributed by atoms with E-state index < -0.39 is 0 Å². The van der Waals surface area contributed by atoms with Crippen molar-refractivity contribution in [1.29, 1.82) is 5.26 Å². The number of unbranched alkanes of at least 4 members (excludes halogenated alkanes) is 4. The molecular formula is C24H31NO. The zero-order valence-electron chi connectivity index (χ0n) is 16.0. The van der Waals surface area contributed by atoms with Crippen molar-refractivity contribution in [3.05, 3.63) is 54.6 Å². The highest BCUT2D eigenvalue weighted by atomic mass is 16.5. The normalized spacial score (nSPS) is 11.7. The molecule has 1 atom stereocenters. The fraction of sp³-hybridized carbons (Fsp3) is 0.458. The second-order valence-corrected chi connectivity index (χ2v) is 6.91. The Morgan fingerprint density at radius 2 is 1.46 bits per heavy atom. The van der Waals surface area contributed by atoms with E-state index in [0.717, 1.165) is 25.0 Å². The molecule has 0 spiro atoms. The summed E-state index contributed by atoms with van der Waals surface area (Å²) < 4.78 is 5.84. The quantitative estimate of drug-likeness (QED) is 0.386. The third kappa shape index (κ3) is 7.31. The fourth-order valence-electron chi connectivity index (χ4n) is 3.16. The van der Waals surface area contributed by atoms with Crippen LogP contribution in [0.5, 0.6) is 5.75 Å². The number of rotatable bonds is 12. The van der Waals surface area contributed by atoms with Gasteiger partial charge in [0.2, 0.25) is 0 Å². The second kappa shape index (κ2) is 12.1. The number of nitriles is 1. The highest BCUT2D eigenvalue weighted by Gasteiger charge is 2.07. The highest BCUT2D eigenvalue weighted by molar-refractivity contribution is 5.63. The van der Waals surface area contributed by atoms with E-state index in [1.807, 2.05) is 18.2 Å². The lowest BCUT2D eigenvalue weighted by Crippen LogP contribution is -2.03.